The molecule has 0 amide bonds. The van der Waals surface area contributed by atoms with Gasteiger partial charge in [-0.1, -0.05) is 0 Å². The molecule has 106 valence electrons. The lowest BCUT2D eigenvalue weighted by molar-refractivity contribution is 1.04. The first kappa shape index (κ1) is 14.7. The van der Waals surface area contributed by atoms with Crippen LogP contribution in [-0.4, -0.2) is 9.97 Å². The van der Waals surface area contributed by atoms with Crippen LogP contribution in [0.1, 0.15) is 45.0 Å². The maximum Gasteiger partial charge on any atom is 0.0457 e. The Morgan fingerprint density at radius 1 is 0.400 bits per heavy atom. The summed E-state index contributed by atoms with van der Waals surface area (Å²) in [6, 6.07) is 0. The number of pyridine rings is 2. The molecule has 0 atom stereocenters. The predicted molar refractivity (Wildman–Crippen MR) is 85.4 cm³/mol. The van der Waals surface area contributed by atoms with Crippen LogP contribution in [0.2, 0.25) is 0 Å². The van der Waals surface area contributed by atoms with Gasteiger partial charge in [-0.15, -0.1) is 0 Å². The summed E-state index contributed by atoms with van der Waals surface area (Å²) in [5.41, 5.74) is 12.2. The number of rotatable bonds is 1. The second kappa shape index (κ2) is 5.01. The lowest BCUT2D eigenvalue weighted by Crippen LogP contribution is -2.05. The van der Waals surface area contributed by atoms with E-state index in [1.165, 1.54) is 33.4 Å². The molecule has 2 aromatic heterocycles. The highest BCUT2D eigenvalue weighted by Crippen LogP contribution is 2.35. The van der Waals surface area contributed by atoms with E-state index in [1.54, 1.807) is 0 Å². The third-order valence-corrected chi connectivity index (χ3v) is 4.60. The SMILES string of the molecule is Cc1nc(C)c(-c2c(C)nc(C)c(C)c2C)c(C)c1C. The summed E-state index contributed by atoms with van der Waals surface area (Å²) in [7, 11) is 0. The fraction of sp³-hybridized carbons (Fsp3) is 0.444. The van der Waals surface area contributed by atoms with E-state index in [9.17, 15) is 0 Å². The molecule has 20 heavy (non-hydrogen) atoms. The van der Waals surface area contributed by atoms with Gasteiger partial charge in [-0.05, 0) is 77.6 Å². The zero-order chi connectivity index (χ0) is 15.2. The molecular weight excluding hydrogens is 244 g/mol. The van der Waals surface area contributed by atoms with Gasteiger partial charge in [0.25, 0.3) is 0 Å². The summed E-state index contributed by atoms with van der Waals surface area (Å²) in [5.74, 6) is 0. The van der Waals surface area contributed by atoms with Gasteiger partial charge in [0.05, 0.1) is 0 Å². The molecule has 2 nitrogen and oxygen atoms in total. The van der Waals surface area contributed by atoms with Crippen LogP contribution >= 0.6 is 0 Å². The Balaban J connectivity index is 2.90. The molecule has 0 spiro atoms. The van der Waals surface area contributed by atoms with E-state index < -0.39 is 0 Å². The summed E-state index contributed by atoms with van der Waals surface area (Å²) in [6.45, 7) is 17.1. The molecule has 0 N–H and O–H groups in total. The average molecular weight is 268 g/mol. The molecule has 0 aliphatic heterocycles. The van der Waals surface area contributed by atoms with E-state index in [4.69, 9.17) is 9.97 Å². The van der Waals surface area contributed by atoms with Crippen LogP contribution in [0.25, 0.3) is 11.1 Å². The van der Waals surface area contributed by atoms with Crippen LogP contribution in [0, 0.1) is 55.4 Å². The van der Waals surface area contributed by atoms with Crippen LogP contribution in [0.5, 0.6) is 0 Å². The van der Waals surface area contributed by atoms with Crippen LogP contribution in [0.3, 0.4) is 0 Å². The maximum absolute atomic E-state index is 4.72. The number of aromatic nitrogens is 2. The molecule has 0 unspecified atom stereocenters. The third kappa shape index (κ3) is 2.13. The van der Waals surface area contributed by atoms with Crippen molar-refractivity contribution in [3.05, 3.63) is 45.0 Å². The fourth-order valence-electron chi connectivity index (χ4n) is 2.98. The quantitative estimate of drug-likeness (QED) is 0.754. The van der Waals surface area contributed by atoms with Crippen LogP contribution in [0.4, 0.5) is 0 Å². The Labute approximate surface area is 122 Å². The van der Waals surface area contributed by atoms with Gasteiger partial charge in [-0.2, -0.15) is 0 Å². The van der Waals surface area contributed by atoms with Crippen molar-refractivity contribution in [3.8, 4) is 11.1 Å². The van der Waals surface area contributed by atoms with Crippen molar-refractivity contribution in [3.63, 3.8) is 0 Å². The Morgan fingerprint density at radius 2 is 0.700 bits per heavy atom. The Morgan fingerprint density at radius 3 is 1.00 bits per heavy atom. The summed E-state index contributed by atoms with van der Waals surface area (Å²) in [6.07, 6.45) is 0. The van der Waals surface area contributed by atoms with E-state index >= 15 is 0 Å². The van der Waals surface area contributed by atoms with Crippen molar-refractivity contribution in [1.29, 1.82) is 0 Å². The Kier molecular flexibility index (Phi) is 3.68. The molecule has 0 fully saturated rings. The molecule has 2 rings (SSSR count). The van der Waals surface area contributed by atoms with Crippen LogP contribution in [0.15, 0.2) is 0 Å². The molecule has 0 bridgehead atoms. The van der Waals surface area contributed by atoms with Crippen molar-refractivity contribution >= 4 is 0 Å². The summed E-state index contributed by atoms with van der Waals surface area (Å²) in [5, 5.41) is 0. The first-order valence-electron chi connectivity index (χ1n) is 7.14. The molecular formula is C18H24N2. The predicted octanol–water partition coefficient (Wildman–Crippen LogP) is 4.61. The molecule has 2 aromatic rings. The molecule has 0 saturated heterocycles. The minimum Gasteiger partial charge on any atom is -0.258 e. The Bertz CT molecular complexity index is 636. The van der Waals surface area contributed by atoms with E-state index in [-0.39, 0.29) is 0 Å². The van der Waals surface area contributed by atoms with Gasteiger partial charge < -0.3 is 0 Å². The van der Waals surface area contributed by atoms with E-state index in [1.807, 2.05) is 0 Å². The summed E-state index contributed by atoms with van der Waals surface area (Å²) < 4.78 is 0. The fourth-order valence-corrected chi connectivity index (χ4v) is 2.98. The molecule has 0 aliphatic carbocycles. The van der Waals surface area contributed by atoms with E-state index in [0.717, 1.165) is 22.8 Å². The van der Waals surface area contributed by atoms with Gasteiger partial charge in [0.15, 0.2) is 0 Å². The van der Waals surface area contributed by atoms with Crippen LogP contribution in [-0.2, 0) is 0 Å². The Hall–Kier alpha value is -1.70. The van der Waals surface area contributed by atoms with Crippen molar-refractivity contribution in [2.24, 2.45) is 0 Å². The molecule has 0 aromatic carbocycles. The lowest BCUT2D eigenvalue weighted by Gasteiger charge is -2.19. The summed E-state index contributed by atoms with van der Waals surface area (Å²) >= 11 is 0. The number of hydrogen-bond donors (Lipinski definition) is 0. The van der Waals surface area contributed by atoms with Gasteiger partial charge in [-0.25, -0.2) is 0 Å². The maximum atomic E-state index is 4.72. The van der Waals surface area contributed by atoms with Crippen LogP contribution < -0.4 is 0 Å². The number of hydrogen-bond acceptors (Lipinski definition) is 2. The van der Waals surface area contributed by atoms with E-state index in [2.05, 4.69) is 55.4 Å². The largest absolute Gasteiger partial charge is 0.258 e. The van der Waals surface area contributed by atoms with Gasteiger partial charge in [0, 0.05) is 33.9 Å². The number of aryl methyl sites for hydroxylation is 4. The molecule has 0 radical (unpaired) electrons. The standard InChI is InChI=1S/C18H24N2/c1-9-11(3)17(15(7)19-13(9)5)18-12(4)10(2)14(6)20-16(18)8/h1-8H3. The zero-order valence-corrected chi connectivity index (χ0v) is 13.9. The molecule has 2 heterocycles. The highest BCUT2D eigenvalue weighted by Gasteiger charge is 2.18. The van der Waals surface area contributed by atoms with Gasteiger partial charge in [0.2, 0.25) is 0 Å². The first-order chi connectivity index (χ1) is 9.25. The minimum atomic E-state index is 1.10. The normalized spacial score (nSPS) is 11.0. The topological polar surface area (TPSA) is 25.8 Å². The van der Waals surface area contributed by atoms with Gasteiger partial charge in [0.1, 0.15) is 0 Å². The van der Waals surface area contributed by atoms with Crippen molar-refractivity contribution in [2.45, 2.75) is 55.4 Å². The zero-order valence-electron chi connectivity index (χ0n) is 13.9. The highest BCUT2D eigenvalue weighted by atomic mass is 14.7. The van der Waals surface area contributed by atoms with E-state index in [0.29, 0.717) is 0 Å². The molecule has 0 saturated carbocycles. The summed E-state index contributed by atoms with van der Waals surface area (Å²) in [4.78, 5) is 9.43. The monoisotopic (exact) mass is 268 g/mol. The van der Waals surface area contributed by atoms with Gasteiger partial charge in [-0.3, -0.25) is 9.97 Å². The lowest BCUT2D eigenvalue weighted by atomic mass is 9.89. The third-order valence-electron chi connectivity index (χ3n) is 4.60. The van der Waals surface area contributed by atoms with Gasteiger partial charge >= 0.3 is 0 Å². The molecule has 0 aliphatic rings. The molecule has 2 heteroatoms. The van der Waals surface area contributed by atoms with Crippen molar-refractivity contribution in [2.75, 3.05) is 0 Å². The smallest absolute Gasteiger partial charge is 0.0457 e. The second-order valence-electron chi connectivity index (χ2n) is 5.82. The highest BCUT2D eigenvalue weighted by molar-refractivity contribution is 5.76. The minimum absolute atomic E-state index is 1.10. The van der Waals surface area contributed by atoms with Crippen molar-refractivity contribution < 1.29 is 0 Å². The number of nitrogens with zero attached hydrogens (tertiary/aromatic N) is 2. The first-order valence-corrected chi connectivity index (χ1v) is 7.14. The second-order valence-corrected chi connectivity index (χ2v) is 5.82. The average Bonchev–Trinajstić information content (AvgIpc) is 2.37. The van der Waals surface area contributed by atoms with Crippen molar-refractivity contribution in [1.82, 2.24) is 9.97 Å².